The van der Waals surface area contributed by atoms with Crippen molar-refractivity contribution >= 4 is 11.8 Å². The maximum Gasteiger partial charge on any atom is 0.345 e. The minimum Gasteiger partial charge on any atom is -0.464 e. The number of rotatable bonds is 2. The minimum absolute atomic E-state index is 0.0413. The summed E-state index contributed by atoms with van der Waals surface area (Å²) in [5.41, 5.74) is -2.25. The van der Waals surface area contributed by atoms with Gasteiger partial charge in [-0.3, -0.25) is 4.79 Å². The van der Waals surface area contributed by atoms with Crippen molar-refractivity contribution in [3.05, 3.63) is 0 Å². The smallest absolute Gasteiger partial charge is 0.345 e. The van der Waals surface area contributed by atoms with E-state index in [0.717, 1.165) is 0 Å². The molecule has 2 aliphatic rings. The van der Waals surface area contributed by atoms with Gasteiger partial charge in [0, 0.05) is 12.3 Å². The summed E-state index contributed by atoms with van der Waals surface area (Å²) < 4.78 is 18.4. The van der Waals surface area contributed by atoms with Crippen LogP contribution in [-0.2, 0) is 14.3 Å². The Labute approximate surface area is 80.0 Å². The summed E-state index contributed by atoms with van der Waals surface area (Å²) in [6.07, 6.45) is -1.07. The molecule has 2 fully saturated rings. The molecule has 0 saturated heterocycles. The van der Waals surface area contributed by atoms with Gasteiger partial charge in [0.15, 0.2) is 0 Å². The molecule has 14 heavy (non-hydrogen) atoms. The van der Waals surface area contributed by atoms with Crippen LogP contribution in [0, 0.1) is 11.8 Å². The first-order valence-electron chi connectivity index (χ1n) is 4.60. The molecule has 0 spiro atoms. The number of fused-ring (bicyclic) bond motifs is 1. The lowest BCUT2D eigenvalue weighted by Crippen LogP contribution is -2.31. The second-order valence-corrected chi connectivity index (χ2v) is 3.73. The van der Waals surface area contributed by atoms with E-state index >= 15 is 0 Å². The number of Topliss-reactive ketones (excluding diaryl/α,β-unsaturated/α-hetero) is 1. The van der Waals surface area contributed by atoms with Crippen LogP contribution in [0.1, 0.15) is 13.3 Å². The fraction of sp³-hybridized carbons (Fsp3) is 0.778. The van der Waals surface area contributed by atoms with Gasteiger partial charge < -0.3 is 9.84 Å². The molecule has 4 atom stereocenters. The lowest BCUT2D eigenvalue weighted by Gasteiger charge is -2.12. The number of hydrogen-bond acceptors (Lipinski definition) is 4. The summed E-state index contributed by atoms with van der Waals surface area (Å²) in [5, 5.41) is 9.29. The summed E-state index contributed by atoms with van der Waals surface area (Å²) in [4.78, 5) is 22.3. The first-order chi connectivity index (χ1) is 6.53. The summed E-state index contributed by atoms with van der Waals surface area (Å²) in [6.45, 7) is 1.64. The third-order valence-electron chi connectivity index (χ3n) is 2.95. The number of carbonyl (C=O) groups is 2. The van der Waals surface area contributed by atoms with Crippen LogP contribution in [0.15, 0.2) is 0 Å². The van der Waals surface area contributed by atoms with Crippen molar-refractivity contribution in [1.29, 1.82) is 0 Å². The summed E-state index contributed by atoms with van der Waals surface area (Å²) in [7, 11) is 0. The highest BCUT2D eigenvalue weighted by atomic mass is 19.1. The van der Waals surface area contributed by atoms with E-state index in [1.165, 1.54) is 0 Å². The maximum atomic E-state index is 13.8. The molecule has 2 rings (SSSR count). The van der Waals surface area contributed by atoms with Crippen molar-refractivity contribution in [3.8, 4) is 0 Å². The fourth-order valence-corrected chi connectivity index (χ4v) is 2.28. The third-order valence-corrected chi connectivity index (χ3v) is 2.95. The number of carbonyl (C=O) groups excluding carboxylic acids is 2. The normalized spacial score (nSPS) is 44.8. The van der Waals surface area contributed by atoms with Gasteiger partial charge in [-0.15, -0.1) is 0 Å². The summed E-state index contributed by atoms with van der Waals surface area (Å²) >= 11 is 0. The Hall–Kier alpha value is -0.970. The van der Waals surface area contributed by atoms with Crippen LogP contribution in [0.5, 0.6) is 0 Å². The highest BCUT2D eigenvalue weighted by Crippen LogP contribution is 2.61. The number of hydrogen-bond donors (Lipinski definition) is 1. The Morgan fingerprint density at radius 2 is 2.43 bits per heavy atom. The highest BCUT2D eigenvalue weighted by Gasteiger charge is 2.80. The van der Waals surface area contributed by atoms with Gasteiger partial charge in [0.25, 0.3) is 0 Å². The molecule has 0 aromatic rings. The van der Waals surface area contributed by atoms with Gasteiger partial charge in [-0.1, -0.05) is 0 Å². The minimum atomic E-state index is -2.25. The van der Waals surface area contributed by atoms with Gasteiger partial charge in [0.2, 0.25) is 5.67 Å². The van der Waals surface area contributed by atoms with Gasteiger partial charge in [-0.25, -0.2) is 9.18 Å². The van der Waals surface area contributed by atoms with E-state index in [0.29, 0.717) is 0 Å². The predicted octanol–water partition coefficient (Wildman–Crippen LogP) is -0.163. The number of halogens is 1. The van der Waals surface area contributed by atoms with E-state index in [1.54, 1.807) is 6.92 Å². The van der Waals surface area contributed by atoms with Gasteiger partial charge in [-0.2, -0.15) is 0 Å². The molecule has 0 heterocycles. The number of aliphatic hydroxyl groups excluding tert-OH is 1. The number of ether oxygens (including phenoxy) is 1. The van der Waals surface area contributed by atoms with Gasteiger partial charge in [0.05, 0.1) is 18.6 Å². The largest absolute Gasteiger partial charge is 0.464 e. The summed E-state index contributed by atoms with van der Waals surface area (Å²) in [5.74, 6) is -3.22. The Kier molecular flexibility index (Phi) is 1.89. The Morgan fingerprint density at radius 1 is 1.79 bits per heavy atom. The van der Waals surface area contributed by atoms with E-state index in [4.69, 9.17) is 0 Å². The van der Waals surface area contributed by atoms with Gasteiger partial charge in [-0.05, 0) is 6.92 Å². The average molecular weight is 202 g/mol. The molecule has 1 N–H and O–H groups in total. The molecule has 0 aromatic carbocycles. The maximum absolute atomic E-state index is 13.8. The lowest BCUT2D eigenvalue weighted by atomic mass is 10.1. The number of aliphatic hydroxyl groups is 1. The zero-order chi connectivity index (χ0) is 10.5. The van der Waals surface area contributed by atoms with Crippen molar-refractivity contribution in [2.45, 2.75) is 25.1 Å². The van der Waals surface area contributed by atoms with Crippen molar-refractivity contribution in [3.63, 3.8) is 0 Å². The van der Waals surface area contributed by atoms with Crippen molar-refractivity contribution in [2.24, 2.45) is 11.8 Å². The van der Waals surface area contributed by atoms with Gasteiger partial charge >= 0.3 is 5.97 Å². The van der Waals surface area contributed by atoms with Crippen LogP contribution in [0.25, 0.3) is 0 Å². The number of esters is 1. The SMILES string of the molecule is CCOC(=O)C1(F)C2C(=O)CC(O)C21. The monoisotopic (exact) mass is 202 g/mol. The number of ketones is 1. The first kappa shape index (κ1) is 9.58. The Bertz CT molecular complexity index is 303. The molecule has 4 nitrogen and oxygen atoms in total. The molecule has 4 unspecified atom stereocenters. The molecule has 78 valence electrons. The van der Waals surface area contributed by atoms with Crippen molar-refractivity contribution in [1.82, 2.24) is 0 Å². The quantitative estimate of drug-likeness (QED) is 0.632. The van der Waals surface area contributed by atoms with E-state index in [1.807, 2.05) is 0 Å². The molecular weight excluding hydrogens is 191 g/mol. The average Bonchev–Trinajstić information content (AvgIpc) is 2.62. The van der Waals surface area contributed by atoms with E-state index < -0.39 is 29.6 Å². The molecule has 0 aromatic heterocycles. The molecule has 0 amide bonds. The number of alkyl halides is 1. The Balaban J connectivity index is 2.15. The zero-order valence-corrected chi connectivity index (χ0v) is 7.70. The second-order valence-electron chi connectivity index (χ2n) is 3.73. The molecule has 2 saturated carbocycles. The van der Waals surface area contributed by atoms with Crippen LogP contribution in [0.3, 0.4) is 0 Å². The fourth-order valence-electron chi connectivity index (χ4n) is 2.28. The molecule has 5 heteroatoms. The van der Waals surface area contributed by atoms with Crippen LogP contribution < -0.4 is 0 Å². The van der Waals surface area contributed by atoms with Crippen LogP contribution in [0.4, 0.5) is 4.39 Å². The third kappa shape index (κ3) is 0.958. The van der Waals surface area contributed by atoms with E-state index in [-0.39, 0.29) is 18.8 Å². The lowest BCUT2D eigenvalue weighted by molar-refractivity contribution is -0.154. The predicted molar refractivity (Wildman–Crippen MR) is 43.1 cm³/mol. The zero-order valence-electron chi connectivity index (χ0n) is 7.70. The molecule has 0 aliphatic heterocycles. The summed E-state index contributed by atoms with van der Waals surface area (Å²) in [6, 6.07) is 0. The topological polar surface area (TPSA) is 63.6 Å². The first-order valence-corrected chi connectivity index (χ1v) is 4.60. The van der Waals surface area contributed by atoms with E-state index in [9.17, 15) is 19.1 Å². The molecule has 0 radical (unpaired) electrons. The van der Waals surface area contributed by atoms with Crippen LogP contribution in [0.2, 0.25) is 0 Å². The molecule has 0 bridgehead atoms. The van der Waals surface area contributed by atoms with Crippen molar-refractivity contribution < 1.29 is 23.8 Å². The Morgan fingerprint density at radius 3 is 2.86 bits per heavy atom. The second kappa shape index (κ2) is 2.76. The van der Waals surface area contributed by atoms with Crippen molar-refractivity contribution in [2.75, 3.05) is 6.61 Å². The van der Waals surface area contributed by atoms with E-state index in [2.05, 4.69) is 4.74 Å². The van der Waals surface area contributed by atoms with Crippen LogP contribution in [-0.4, -0.2) is 35.2 Å². The molecular formula is C9H11FO4. The molecule has 2 aliphatic carbocycles. The van der Waals surface area contributed by atoms with Crippen LogP contribution >= 0.6 is 0 Å². The van der Waals surface area contributed by atoms with Gasteiger partial charge in [0.1, 0.15) is 5.78 Å². The highest BCUT2D eigenvalue weighted by molar-refractivity contribution is 6.00. The standard InChI is InChI=1S/C9H11FO4/c1-2-14-8(13)9(10)6-4(11)3-5(12)7(6)9/h4,6-7,11H,2-3H2,1H3.